The number of furan rings is 1. The first kappa shape index (κ1) is 19.0. The lowest BCUT2D eigenvalue weighted by molar-refractivity contribution is -0.113. The summed E-state index contributed by atoms with van der Waals surface area (Å²) in [4.78, 5) is 12.3. The molecule has 3 aromatic rings. The Morgan fingerprint density at radius 2 is 2.07 bits per heavy atom. The molecule has 0 saturated carbocycles. The van der Waals surface area contributed by atoms with Crippen molar-refractivity contribution in [2.45, 2.75) is 31.5 Å². The van der Waals surface area contributed by atoms with Crippen LogP contribution in [0.2, 0.25) is 0 Å². The summed E-state index contributed by atoms with van der Waals surface area (Å²) >= 11 is 1.36. The molecular weight excluding hydrogens is 364 g/mol. The molecule has 0 saturated heterocycles. The standard InChI is InChI=1S/C19H22N4O3S/c1-3-4-11-23-18(16-6-5-12-26-16)21-22-19(23)27-13-17(24)20-14-7-9-15(25-2)10-8-14/h5-10,12H,3-4,11,13H2,1-2H3,(H,20,24). The molecule has 142 valence electrons. The van der Waals surface area contributed by atoms with Gasteiger partial charge in [-0.1, -0.05) is 25.1 Å². The number of anilines is 1. The predicted octanol–water partition coefficient (Wildman–Crippen LogP) is 4.08. The van der Waals surface area contributed by atoms with Gasteiger partial charge in [-0.2, -0.15) is 0 Å². The van der Waals surface area contributed by atoms with Gasteiger partial charge in [0.05, 0.1) is 19.1 Å². The highest BCUT2D eigenvalue weighted by Crippen LogP contribution is 2.25. The number of ether oxygens (including phenoxy) is 1. The Morgan fingerprint density at radius 1 is 1.26 bits per heavy atom. The highest BCUT2D eigenvalue weighted by Gasteiger charge is 2.17. The van der Waals surface area contributed by atoms with E-state index in [4.69, 9.17) is 9.15 Å². The van der Waals surface area contributed by atoms with Crippen molar-refractivity contribution < 1.29 is 13.9 Å². The van der Waals surface area contributed by atoms with Crippen LogP contribution in [-0.4, -0.2) is 33.5 Å². The van der Waals surface area contributed by atoms with Gasteiger partial charge in [0.25, 0.3) is 0 Å². The van der Waals surface area contributed by atoms with Crippen molar-refractivity contribution in [2.75, 3.05) is 18.2 Å². The Labute approximate surface area is 162 Å². The van der Waals surface area contributed by atoms with E-state index < -0.39 is 0 Å². The van der Waals surface area contributed by atoms with Crippen molar-refractivity contribution in [3.63, 3.8) is 0 Å². The van der Waals surface area contributed by atoms with Crippen LogP contribution < -0.4 is 10.1 Å². The molecule has 0 atom stereocenters. The van der Waals surface area contributed by atoms with Gasteiger partial charge in [0, 0.05) is 12.2 Å². The number of nitrogens with zero attached hydrogens (tertiary/aromatic N) is 3. The second-order valence-corrected chi connectivity index (χ2v) is 6.80. The molecule has 27 heavy (non-hydrogen) atoms. The van der Waals surface area contributed by atoms with Crippen molar-refractivity contribution in [3.05, 3.63) is 42.7 Å². The molecule has 1 amide bonds. The summed E-state index contributed by atoms with van der Waals surface area (Å²) in [5, 5.41) is 12.1. The number of thioether (sulfide) groups is 1. The summed E-state index contributed by atoms with van der Waals surface area (Å²) in [5.41, 5.74) is 0.727. The summed E-state index contributed by atoms with van der Waals surface area (Å²) < 4.78 is 12.6. The van der Waals surface area contributed by atoms with Gasteiger partial charge in [-0.05, 0) is 42.8 Å². The minimum atomic E-state index is -0.102. The lowest BCUT2D eigenvalue weighted by Crippen LogP contribution is -2.14. The van der Waals surface area contributed by atoms with E-state index in [0.717, 1.165) is 30.8 Å². The molecule has 0 aliphatic carbocycles. The first-order valence-corrected chi connectivity index (χ1v) is 9.73. The fraction of sp³-hybridized carbons (Fsp3) is 0.316. The van der Waals surface area contributed by atoms with Crippen molar-refractivity contribution in [3.8, 4) is 17.3 Å². The zero-order valence-electron chi connectivity index (χ0n) is 15.3. The Kier molecular flexibility index (Phi) is 6.54. The second kappa shape index (κ2) is 9.27. The number of nitrogens with one attached hydrogen (secondary N) is 1. The summed E-state index contributed by atoms with van der Waals surface area (Å²) in [6.07, 6.45) is 3.67. The first-order valence-electron chi connectivity index (χ1n) is 8.75. The van der Waals surface area contributed by atoms with Crippen LogP contribution in [-0.2, 0) is 11.3 Å². The summed E-state index contributed by atoms with van der Waals surface area (Å²) in [7, 11) is 1.61. The molecule has 0 radical (unpaired) electrons. The van der Waals surface area contributed by atoms with Crippen LogP contribution in [0.5, 0.6) is 5.75 Å². The molecule has 0 unspecified atom stereocenters. The lowest BCUT2D eigenvalue weighted by Gasteiger charge is -2.09. The summed E-state index contributed by atoms with van der Waals surface area (Å²) in [6.45, 7) is 2.91. The SMILES string of the molecule is CCCCn1c(SCC(=O)Nc2ccc(OC)cc2)nnc1-c1ccco1. The van der Waals surface area contributed by atoms with Crippen LogP contribution in [0.25, 0.3) is 11.6 Å². The number of carbonyl (C=O) groups is 1. The fourth-order valence-corrected chi connectivity index (χ4v) is 3.27. The number of aromatic nitrogens is 3. The molecule has 0 fully saturated rings. The van der Waals surface area contributed by atoms with Gasteiger partial charge in [-0.3, -0.25) is 9.36 Å². The minimum Gasteiger partial charge on any atom is -0.497 e. The van der Waals surface area contributed by atoms with E-state index in [1.54, 1.807) is 37.6 Å². The number of methoxy groups -OCH3 is 1. The third-order valence-electron chi connectivity index (χ3n) is 3.90. The molecule has 2 heterocycles. The van der Waals surface area contributed by atoms with Crippen LogP contribution in [0, 0.1) is 0 Å². The van der Waals surface area contributed by atoms with Crippen LogP contribution in [0.3, 0.4) is 0 Å². The molecule has 0 aliphatic rings. The molecule has 0 bridgehead atoms. The van der Waals surface area contributed by atoms with Gasteiger partial charge < -0.3 is 14.5 Å². The van der Waals surface area contributed by atoms with Gasteiger partial charge in [-0.25, -0.2) is 0 Å². The van der Waals surface area contributed by atoms with Crippen molar-refractivity contribution in [2.24, 2.45) is 0 Å². The second-order valence-electron chi connectivity index (χ2n) is 5.85. The van der Waals surface area contributed by atoms with Gasteiger partial charge >= 0.3 is 0 Å². The normalized spacial score (nSPS) is 10.7. The summed E-state index contributed by atoms with van der Waals surface area (Å²) in [6, 6.07) is 10.9. The van der Waals surface area contributed by atoms with Crippen LogP contribution in [0.15, 0.2) is 52.2 Å². The molecule has 1 aromatic carbocycles. The van der Waals surface area contributed by atoms with Gasteiger partial charge in [0.15, 0.2) is 16.7 Å². The van der Waals surface area contributed by atoms with Gasteiger partial charge in [0.2, 0.25) is 5.91 Å². The number of benzene rings is 1. The van der Waals surface area contributed by atoms with Gasteiger partial charge in [0.1, 0.15) is 5.75 Å². The van der Waals surface area contributed by atoms with E-state index in [1.807, 2.05) is 16.7 Å². The third kappa shape index (κ3) is 4.91. The smallest absolute Gasteiger partial charge is 0.234 e. The number of amides is 1. The topological polar surface area (TPSA) is 82.2 Å². The predicted molar refractivity (Wildman–Crippen MR) is 105 cm³/mol. The molecule has 8 heteroatoms. The molecule has 2 aromatic heterocycles. The van der Waals surface area contributed by atoms with Gasteiger partial charge in [-0.15, -0.1) is 10.2 Å². The maximum Gasteiger partial charge on any atom is 0.234 e. The number of carbonyl (C=O) groups excluding carboxylic acids is 1. The number of rotatable bonds is 9. The van der Waals surface area contributed by atoms with Crippen LogP contribution in [0.4, 0.5) is 5.69 Å². The largest absolute Gasteiger partial charge is 0.497 e. The van der Waals surface area contributed by atoms with Crippen LogP contribution in [0.1, 0.15) is 19.8 Å². The Hall–Kier alpha value is -2.74. The number of unbranched alkanes of at least 4 members (excludes halogenated alkanes) is 1. The Balaban J connectivity index is 1.64. The quantitative estimate of drug-likeness (QED) is 0.558. The minimum absolute atomic E-state index is 0.102. The molecular formula is C19H22N4O3S. The summed E-state index contributed by atoms with van der Waals surface area (Å²) in [5.74, 6) is 2.25. The van der Waals surface area contributed by atoms with E-state index in [-0.39, 0.29) is 11.7 Å². The average molecular weight is 386 g/mol. The maximum absolute atomic E-state index is 12.3. The number of hydrogen-bond acceptors (Lipinski definition) is 6. The fourth-order valence-electron chi connectivity index (χ4n) is 2.50. The van der Waals surface area contributed by atoms with Crippen molar-refractivity contribution in [1.29, 1.82) is 0 Å². The van der Waals surface area contributed by atoms with E-state index in [2.05, 4.69) is 22.4 Å². The van der Waals surface area contributed by atoms with Crippen molar-refractivity contribution >= 4 is 23.4 Å². The highest BCUT2D eigenvalue weighted by molar-refractivity contribution is 7.99. The molecule has 0 aliphatic heterocycles. The van der Waals surface area contributed by atoms with E-state index in [0.29, 0.717) is 16.7 Å². The lowest BCUT2D eigenvalue weighted by atomic mass is 10.3. The monoisotopic (exact) mass is 386 g/mol. The third-order valence-corrected chi connectivity index (χ3v) is 4.87. The molecule has 7 nitrogen and oxygen atoms in total. The van der Waals surface area contributed by atoms with E-state index in [1.165, 1.54) is 11.8 Å². The van der Waals surface area contributed by atoms with E-state index >= 15 is 0 Å². The van der Waals surface area contributed by atoms with Crippen LogP contribution >= 0.6 is 11.8 Å². The highest BCUT2D eigenvalue weighted by atomic mass is 32.2. The molecule has 1 N–H and O–H groups in total. The van der Waals surface area contributed by atoms with Crippen molar-refractivity contribution in [1.82, 2.24) is 14.8 Å². The number of hydrogen-bond donors (Lipinski definition) is 1. The average Bonchev–Trinajstić information content (AvgIpc) is 3.34. The first-order chi connectivity index (χ1) is 13.2. The Morgan fingerprint density at radius 3 is 2.74 bits per heavy atom. The van der Waals surface area contributed by atoms with E-state index in [9.17, 15) is 4.79 Å². The zero-order chi connectivity index (χ0) is 19.1. The Bertz CT molecular complexity index is 860. The molecule has 3 rings (SSSR count). The zero-order valence-corrected chi connectivity index (χ0v) is 16.2. The molecule has 0 spiro atoms. The maximum atomic E-state index is 12.3.